The fourth-order valence-electron chi connectivity index (χ4n) is 4.35. The van der Waals surface area contributed by atoms with E-state index in [-0.39, 0.29) is 31.6 Å². The first-order valence-corrected chi connectivity index (χ1v) is 13.1. The van der Waals surface area contributed by atoms with Crippen molar-refractivity contribution in [2.24, 2.45) is 11.5 Å². The average molecular weight is 553 g/mol. The van der Waals surface area contributed by atoms with Crippen molar-refractivity contribution in [2.75, 3.05) is 13.1 Å². The third-order valence-electron chi connectivity index (χ3n) is 6.51. The van der Waals surface area contributed by atoms with E-state index >= 15 is 0 Å². The molecule has 12 nitrogen and oxygen atoms in total. The Bertz CT molecular complexity index is 1310. The van der Waals surface area contributed by atoms with Gasteiger partial charge in [0.25, 0.3) is 0 Å². The normalized spacial score (nSPS) is 13.2. The van der Waals surface area contributed by atoms with E-state index in [2.05, 4.69) is 20.9 Å². The zero-order chi connectivity index (χ0) is 29.1. The van der Waals surface area contributed by atoms with E-state index in [0.29, 0.717) is 24.9 Å². The minimum Gasteiger partial charge on any atom is -0.508 e. The molecule has 1 aromatic heterocycles. The molecule has 1 heterocycles. The molecule has 0 bridgehead atoms. The molecular weight excluding hydrogens is 516 g/mol. The number of amides is 3. The van der Waals surface area contributed by atoms with Crippen molar-refractivity contribution in [2.45, 2.75) is 50.2 Å². The van der Waals surface area contributed by atoms with Gasteiger partial charge >= 0.3 is 5.97 Å². The maximum atomic E-state index is 13.5. The fourth-order valence-corrected chi connectivity index (χ4v) is 4.35. The molecule has 3 unspecified atom stereocenters. The Morgan fingerprint density at radius 2 is 1.48 bits per heavy atom. The summed E-state index contributed by atoms with van der Waals surface area (Å²) >= 11 is 0. The standard InChI is InChI=1S/C28H36N6O6/c29-12-4-3-7-22(28(39)40)33-26(37)23(13-17-8-10-19(35)11-9-17)34-27(38)24(32-25(36)15-30)14-18-16-31-21-6-2-1-5-20(18)21/h1-2,5-6,8-11,16,22-24,31,35H,3-4,7,12-15,29-30H2,(H,32,36)(H,33,37)(H,34,38)(H,39,40). The number of carbonyl (C=O) groups is 4. The van der Waals surface area contributed by atoms with Gasteiger partial charge in [0.15, 0.2) is 0 Å². The number of phenolic OH excluding ortho intramolecular Hbond substituents is 1. The zero-order valence-electron chi connectivity index (χ0n) is 22.1. The number of carboxylic acid groups (broad SMARTS) is 1. The highest BCUT2D eigenvalue weighted by molar-refractivity contribution is 5.94. The van der Waals surface area contributed by atoms with Crippen molar-refractivity contribution in [3.8, 4) is 5.75 Å². The molecule has 10 N–H and O–H groups in total. The van der Waals surface area contributed by atoms with Crippen LogP contribution in [-0.4, -0.2) is 70.1 Å². The van der Waals surface area contributed by atoms with E-state index in [1.54, 1.807) is 18.3 Å². The summed E-state index contributed by atoms with van der Waals surface area (Å²) in [6.07, 6.45) is 3.15. The molecule has 12 heteroatoms. The average Bonchev–Trinajstić information content (AvgIpc) is 3.35. The van der Waals surface area contributed by atoms with Gasteiger partial charge in [-0.05, 0) is 55.1 Å². The second-order valence-corrected chi connectivity index (χ2v) is 9.50. The van der Waals surface area contributed by atoms with Gasteiger partial charge in [-0.3, -0.25) is 14.4 Å². The number of phenols is 1. The van der Waals surface area contributed by atoms with Crippen LogP contribution < -0.4 is 27.4 Å². The fraction of sp³-hybridized carbons (Fsp3) is 0.357. The molecule has 0 aliphatic carbocycles. The van der Waals surface area contributed by atoms with Crippen LogP contribution in [0.1, 0.15) is 30.4 Å². The molecule has 0 aliphatic heterocycles. The number of benzene rings is 2. The minimum atomic E-state index is -1.20. The molecule has 40 heavy (non-hydrogen) atoms. The molecule has 0 fully saturated rings. The van der Waals surface area contributed by atoms with Crippen LogP contribution >= 0.6 is 0 Å². The van der Waals surface area contributed by atoms with Crippen molar-refractivity contribution in [3.05, 3.63) is 65.9 Å². The Morgan fingerprint density at radius 1 is 0.825 bits per heavy atom. The molecule has 0 saturated carbocycles. The lowest BCUT2D eigenvalue weighted by molar-refractivity contribution is -0.142. The summed E-state index contributed by atoms with van der Waals surface area (Å²) in [4.78, 5) is 54.0. The minimum absolute atomic E-state index is 0.0115. The quantitative estimate of drug-likeness (QED) is 0.122. The first-order valence-electron chi connectivity index (χ1n) is 13.1. The zero-order valence-corrected chi connectivity index (χ0v) is 22.1. The largest absolute Gasteiger partial charge is 0.508 e. The van der Waals surface area contributed by atoms with Crippen LogP contribution in [0.15, 0.2) is 54.7 Å². The summed E-state index contributed by atoms with van der Waals surface area (Å²) in [7, 11) is 0. The summed E-state index contributed by atoms with van der Waals surface area (Å²) in [5.74, 6) is -3.06. The molecule has 0 radical (unpaired) electrons. The number of rotatable bonds is 15. The summed E-state index contributed by atoms with van der Waals surface area (Å²) < 4.78 is 0. The van der Waals surface area contributed by atoms with E-state index in [4.69, 9.17) is 11.5 Å². The van der Waals surface area contributed by atoms with Gasteiger partial charge in [-0.15, -0.1) is 0 Å². The Kier molecular flexibility index (Phi) is 11.0. The number of aromatic amines is 1. The summed E-state index contributed by atoms with van der Waals surface area (Å²) in [5.41, 5.74) is 13.2. The van der Waals surface area contributed by atoms with Crippen molar-refractivity contribution in [1.29, 1.82) is 0 Å². The van der Waals surface area contributed by atoms with E-state index in [9.17, 15) is 29.4 Å². The highest BCUT2D eigenvalue weighted by Gasteiger charge is 2.30. The van der Waals surface area contributed by atoms with Crippen LogP contribution in [0, 0.1) is 0 Å². The molecule has 3 amide bonds. The smallest absolute Gasteiger partial charge is 0.326 e. The summed E-state index contributed by atoms with van der Waals surface area (Å²) in [6.45, 7) is 0.0599. The Morgan fingerprint density at radius 3 is 2.12 bits per heavy atom. The third-order valence-corrected chi connectivity index (χ3v) is 6.51. The number of aliphatic carboxylic acids is 1. The molecule has 0 saturated heterocycles. The molecule has 3 rings (SSSR count). The second kappa shape index (κ2) is 14.7. The van der Waals surface area contributed by atoms with Gasteiger partial charge in [0.2, 0.25) is 17.7 Å². The molecular formula is C28H36N6O6. The molecule has 214 valence electrons. The lowest BCUT2D eigenvalue weighted by Crippen LogP contribution is -2.57. The monoisotopic (exact) mass is 552 g/mol. The molecule has 3 atom stereocenters. The number of nitrogens with one attached hydrogen (secondary N) is 4. The number of aromatic nitrogens is 1. The van der Waals surface area contributed by atoms with Crippen LogP contribution in [0.4, 0.5) is 0 Å². The van der Waals surface area contributed by atoms with Crippen LogP contribution in [0.25, 0.3) is 10.9 Å². The number of carbonyl (C=O) groups excluding carboxylic acids is 3. The SMILES string of the molecule is NCCCCC(NC(=O)C(Cc1ccc(O)cc1)NC(=O)C(Cc1c[nH]c2ccccc12)NC(=O)CN)C(=O)O. The summed E-state index contributed by atoms with van der Waals surface area (Å²) in [5, 5.41) is 28.0. The molecule has 3 aromatic rings. The highest BCUT2D eigenvalue weighted by atomic mass is 16.4. The van der Waals surface area contributed by atoms with Crippen LogP contribution in [-0.2, 0) is 32.0 Å². The number of unbranched alkanes of at least 4 members (excludes halogenated alkanes) is 1. The van der Waals surface area contributed by atoms with Gasteiger partial charge in [-0.1, -0.05) is 30.3 Å². The maximum Gasteiger partial charge on any atom is 0.326 e. The molecule has 2 aromatic carbocycles. The predicted octanol–water partition coefficient (Wildman–Crippen LogP) is 0.285. The van der Waals surface area contributed by atoms with Crippen molar-refractivity contribution in [1.82, 2.24) is 20.9 Å². The lowest BCUT2D eigenvalue weighted by Gasteiger charge is -2.25. The van der Waals surface area contributed by atoms with E-state index < -0.39 is 41.8 Å². The van der Waals surface area contributed by atoms with Gasteiger partial charge < -0.3 is 42.6 Å². The van der Waals surface area contributed by atoms with E-state index in [0.717, 1.165) is 16.5 Å². The number of para-hydroxylation sites is 1. The third kappa shape index (κ3) is 8.55. The number of nitrogens with two attached hydrogens (primary N) is 2. The van der Waals surface area contributed by atoms with Crippen LogP contribution in [0.5, 0.6) is 5.75 Å². The number of H-pyrrole nitrogens is 1. The van der Waals surface area contributed by atoms with Gasteiger partial charge in [0.1, 0.15) is 23.9 Å². The number of hydrogen-bond acceptors (Lipinski definition) is 7. The molecule has 0 spiro atoms. The summed E-state index contributed by atoms with van der Waals surface area (Å²) in [6, 6.07) is 10.2. The number of hydrogen-bond donors (Lipinski definition) is 8. The second-order valence-electron chi connectivity index (χ2n) is 9.50. The van der Waals surface area contributed by atoms with Gasteiger partial charge in [-0.2, -0.15) is 0 Å². The Balaban J connectivity index is 1.84. The first kappa shape index (κ1) is 30.1. The lowest BCUT2D eigenvalue weighted by atomic mass is 10.0. The van der Waals surface area contributed by atoms with Crippen molar-refractivity contribution >= 4 is 34.6 Å². The van der Waals surface area contributed by atoms with Crippen molar-refractivity contribution < 1.29 is 29.4 Å². The Hall–Kier alpha value is -4.42. The van der Waals surface area contributed by atoms with Gasteiger partial charge in [0, 0.05) is 29.9 Å². The topological polar surface area (TPSA) is 213 Å². The van der Waals surface area contributed by atoms with Crippen LogP contribution in [0.3, 0.4) is 0 Å². The van der Waals surface area contributed by atoms with E-state index in [1.165, 1.54) is 12.1 Å². The highest BCUT2D eigenvalue weighted by Crippen LogP contribution is 2.19. The van der Waals surface area contributed by atoms with Gasteiger partial charge in [-0.25, -0.2) is 4.79 Å². The Labute approximate surface area is 231 Å². The maximum absolute atomic E-state index is 13.5. The van der Waals surface area contributed by atoms with Crippen molar-refractivity contribution in [3.63, 3.8) is 0 Å². The van der Waals surface area contributed by atoms with E-state index in [1.807, 2.05) is 24.3 Å². The predicted molar refractivity (Wildman–Crippen MR) is 149 cm³/mol. The van der Waals surface area contributed by atoms with Crippen LogP contribution in [0.2, 0.25) is 0 Å². The first-order chi connectivity index (χ1) is 19.2. The van der Waals surface area contributed by atoms with Gasteiger partial charge in [0.05, 0.1) is 6.54 Å². The number of aromatic hydroxyl groups is 1. The number of fused-ring (bicyclic) bond motifs is 1. The molecule has 0 aliphatic rings. The number of carboxylic acids is 1.